The van der Waals surface area contributed by atoms with Gasteiger partial charge in [-0.2, -0.15) is 0 Å². The van der Waals surface area contributed by atoms with Gasteiger partial charge < -0.3 is 14.8 Å². The second-order valence-electron chi connectivity index (χ2n) is 3.77. The van der Waals surface area contributed by atoms with Gasteiger partial charge in [-0.15, -0.1) is 0 Å². The average Bonchev–Trinajstić information content (AvgIpc) is 2.37. The van der Waals surface area contributed by atoms with E-state index in [-0.39, 0.29) is 18.0 Å². The maximum atomic E-state index is 11.4. The molecule has 0 spiro atoms. The molecule has 0 unspecified atom stereocenters. The number of carbonyl (C=O) groups excluding carboxylic acids is 1. The Bertz CT molecular complexity index is 461. The number of nitro benzene ring substituents is 1. The zero-order valence-corrected chi connectivity index (χ0v) is 10.8. The van der Waals surface area contributed by atoms with E-state index in [2.05, 4.69) is 10.1 Å². The summed E-state index contributed by atoms with van der Waals surface area (Å²) < 4.78 is 9.96. The minimum Gasteiger partial charge on any atom is -0.493 e. The number of rotatable bonds is 7. The first-order valence-corrected chi connectivity index (χ1v) is 5.78. The van der Waals surface area contributed by atoms with Gasteiger partial charge in [-0.05, 0) is 18.6 Å². The molecular formula is C12H16N2O5. The van der Waals surface area contributed by atoms with Crippen LogP contribution in [0, 0.1) is 10.1 Å². The molecule has 1 aromatic carbocycles. The highest BCUT2D eigenvalue weighted by molar-refractivity contribution is 5.94. The molecule has 1 amide bonds. The molecule has 0 aromatic heterocycles. The number of nitrogens with one attached hydrogen (secondary N) is 1. The largest absolute Gasteiger partial charge is 0.493 e. The van der Waals surface area contributed by atoms with Crippen molar-refractivity contribution in [3.8, 4) is 5.75 Å². The smallest absolute Gasteiger partial charge is 0.296 e. The fraction of sp³-hybridized carbons (Fsp3) is 0.417. The first kappa shape index (κ1) is 14.9. The fourth-order valence-electron chi connectivity index (χ4n) is 1.40. The van der Waals surface area contributed by atoms with E-state index in [1.54, 1.807) is 6.07 Å². The Morgan fingerprint density at radius 2 is 2.21 bits per heavy atom. The molecule has 1 rings (SSSR count). The third kappa shape index (κ3) is 4.55. The van der Waals surface area contributed by atoms with Crippen LogP contribution in [0.2, 0.25) is 0 Å². The molecule has 104 valence electrons. The number of carbonyl (C=O) groups is 1. The summed E-state index contributed by atoms with van der Waals surface area (Å²) in [7, 11) is 1.37. The third-order valence-corrected chi connectivity index (χ3v) is 2.19. The van der Waals surface area contributed by atoms with Crippen molar-refractivity contribution in [3.63, 3.8) is 0 Å². The maximum absolute atomic E-state index is 11.4. The molecule has 0 aliphatic carbocycles. The highest BCUT2D eigenvalue weighted by Gasteiger charge is 2.17. The highest BCUT2D eigenvalue weighted by atomic mass is 16.6. The van der Waals surface area contributed by atoms with Crippen LogP contribution in [0.3, 0.4) is 0 Å². The number of benzene rings is 1. The van der Waals surface area contributed by atoms with Crippen molar-refractivity contribution in [3.05, 3.63) is 28.3 Å². The molecule has 0 saturated carbocycles. The zero-order chi connectivity index (χ0) is 14.3. The van der Waals surface area contributed by atoms with Gasteiger partial charge in [0.25, 0.3) is 11.6 Å². The Balaban J connectivity index is 2.91. The first-order chi connectivity index (χ1) is 9.08. The van der Waals surface area contributed by atoms with Crippen molar-refractivity contribution >= 4 is 17.3 Å². The minimum atomic E-state index is -0.568. The van der Waals surface area contributed by atoms with Gasteiger partial charge in [0.2, 0.25) is 0 Å². The van der Waals surface area contributed by atoms with Crippen molar-refractivity contribution in [1.29, 1.82) is 0 Å². The molecule has 0 atom stereocenters. The van der Waals surface area contributed by atoms with Gasteiger partial charge in [-0.3, -0.25) is 14.9 Å². The molecular weight excluding hydrogens is 252 g/mol. The maximum Gasteiger partial charge on any atom is 0.296 e. The molecule has 0 saturated heterocycles. The number of methoxy groups -OCH3 is 1. The normalized spacial score (nSPS) is 10.0. The quantitative estimate of drug-likeness (QED) is 0.603. The molecule has 1 aromatic rings. The van der Waals surface area contributed by atoms with Gasteiger partial charge in [0.05, 0.1) is 17.6 Å². The molecule has 0 heterocycles. The summed E-state index contributed by atoms with van der Waals surface area (Å²) >= 11 is 0. The van der Waals surface area contributed by atoms with Crippen LogP contribution in [0.25, 0.3) is 0 Å². The van der Waals surface area contributed by atoms with E-state index in [4.69, 9.17) is 4.74 Å². The summed E-state index contributed by atoms with van der Waals surface area (Å²) in [6.07, 6.45) is 0.806. The van der Waals surface area contributed by atoms with E-state index in [9.17, 15) is 14.9 Å². The lowest BCUT2D eigenvalue weighted by atomic mass is 10.2. The SMILES string of the molecule is CCCOc1ccc(NC(=O)COC)c([N+](=O)[O-])c1. The van der Waals surface area contributed by atoms with E-state index >= 15 is 0 Å². The standard InChI is InChI=1S/C12H16N2O5/c1-3-6-19-9-4-5-10(11(7-9)14(16)17)13-12(15)8-18-2/h4-5,7H,3,6,8H2,1-2H3,(H,13,15). The van der Waals surface area contributed by atoms with Crippen LogP contribution in [0.4, 0.5) is 11.4 Å². The van der Waals surface area contributed by atoms with Gasteiger partial charge >= 0.3 is 0 Å². The summed E-state index contributed by atoms with van der Waals surface area (Å²) in [5, 5.41) is 13.4. The van der Waals surface area contributed by atoms with E-state index in [1.807, 2.05) is 6.92 Å². The number of amides is 1. The van der Waals surface area contributed by atoms with E-state index in [0.29, 0.717) is 12.4 Å². The summed E-state index contributed by atoms with van der Waals surface area (Å²) in [4.78, 5) is 21.7. The van der Waals surface area contributed by atoms with Crippen LogP contribution < -0.4 is 10.1 Å². The lowest BCUT2D eigenvalue weighted by Crippen LogP contribution is -2.17. The first-order valence-electron chi connectivity index (χ1n) is 5.78. The second-order valence-corrected chi connectivity index (χ2v) is 3.77. The van der Waals surface area contributed by atoms with E-state index in [0.717, 1.165) is 6.42 Å². The number of nitrogens with zero attached hydrogens (tertiary/aromatic N) is 1. The summed E-state index contributed by atoms with van der Waals surface area (Å²) in [6, 6.07) is 4.31. The summed E-state index contributed by atoms with van der Waals surface area (Å²) in [5.74, 6) is -0.0499. The molecule has 0 fully saturated rings. The monoisotopic (exact) mass is 268 g/mol. The number of hydrogen-bond acceptors (Lipinski definition) is 5. The topological polar surface area (TPSA) is 90.7 Å². The molecule has 0 bridgehead atoms. The Kier molecular flexibility index (Phi) is 5.74. The molecule has 19 heavy (non-hydrogen) atoms. The fourth-order valence-corrected chi connectivity index (χ4v) is 1.40. The van der Waals surface area contributed by atoms with Crippen molar-refractivity contribution in [2.24, 2.45) is 0 Å². The van der Waals surface area contributed by atoms with Crippen molar-refractivity contribution in [2.75, 3.05) is 25.6 Å². The van der Waals surface area contributed by atoms with Crippen molar-refractivity contribution in [1.82, 2.24) is 0 Å². The van der Waals surface area contributed by atoms with Crippen LogP contribution in [-0.4, -0.2) is 31.2 Å². The average molecular weight is 268 g/mol. The van der Waals surface area contributed by atoms with Gasteiger partial charge in [-0.25, -0.2) is 0 Å². The van der Waals surface area contributed by atoms with Crippen LogP contribution in [0.1, 0.15) is 13.3 Å². The predicted molar refractivity (Wildman–Crippen MR) is 69.4 cm³/mol. The molecule has 7 nitrogen and oxygen atoms in total. The van der Waals surface area contributed by atoms with Crippen LogP contribution in [-0.2, 0) is 9.53 Å². The summed E-state index contributed by atoms with van der Waals surface area (Å²) in [5.41, 5.74) is -0.0889. The van der Waals surface area contributed by atoms with E-state index in [1.165, 1.54) is 19.2 Å². The zero-order valence-electron chi connectivity index (χ0n) is 10.8. The van der Waals surface area contributed by atoms with E-state index < -0.39 is 10.8 Å². The predicted octanol–water partition coefficient (Wildman–Crippen LogP) is 1.97. The van der Waals surface area contributed by atoms with Gasteiger partial charge in [0.1, 0.15) is 18.0 Å². The van der Waals surface area contributed by atoms with Crippen LogP contribution >= 0.6 is 0 Å². The molecule has 0 aliphatic rings. The van der Waals surface area contributed by atoms with Crippen LogP contribution in [0.15, 0.2) is 18.2 Å². The Morgan fingerprint density at radius 1 is 1.47 bits per heavy atom. The molecule has 0 aliphatic heterocycles. The molecule has 1 N–H and O–H groups in total. The third-order valence-electron chi connectivity index (χ3n) is 2.19. The number of ether oxygens (including phenoxy) is 2. The second kappa shape index (κ2) is 7.32. The number of nitro groups is 1. The Labute approximate surface area is 110 Å². The Morgan fingerprint density at radius 3 is 2.79 bits per heavy atom. The van der Waals surface area contributed by atoms with Crippen molar-refractivity contribution in [2.45, 2.75) is 13.3 Å². The highest BCUT2D eigenvalue weighted by Crippen LogP contribution is 2.29. The number of hydrogen-bond donors (Lipinski definition) is 1. The number of anilines is 1. The van der Waals surface area contributed by atoms with Gasteiger partial charge in [0, 0.05) is 7.11 Å². The summed E-state index contributed by atoms with van der Waals surface area (Å²) in [6.45, 7) is 2.26. The Hall–Kier alpha value is -2.15. The lowest BCUT2D eigenvalue weighted by Gasteiger charge is -2.08. The molecule has 0 radical (unpaired) electrons. The van der Waals surface area contributed by atoms with Crippen LogP contribution in [0.5, 0.6) is 5.75 Å². The van der Waals surface area contributed by atoms with Gasteiger partial charge in [0.15, 0.2) is 0 Å². The van der Waals surface area contributed by atoms with Gasteiger partial charge in [-0.1, -0.05) is 6.92 Å². The molecule has 7 heteroatoms. The minimum absolute atomic E-state index is 0.121. The van der Waals surface area contributed by atoms with Crippen molar-refractivity contribution < 1.29 is 19.2 Å². The lowest BCUT2D eigenvalue weighted by molar-refractivity contribution is -0.384.